The minimum absolute atomic E-state index is 0.0432. The van der Waals surface area contributed by atoms with Gasteiger partial charge in [0.05, 0.1) is 36.4 Å². The van der Waals surface area contributed by atoms with Crippen molar-refractivity contribution in [2.75, 3.05) is 17.2 Å². The van der Waals surface area contributed by atoms with Crippen LogP contribution in [0.3, 0.4) is 0 Å². The topological polar surface area (TPSA) is 104 Å². The number of nitrogens with zero attached hydrogens (tertiary/aromatic N) is 6. The minimum Gasteiger partial charge on any atom is -0.383 e. The average molecular weight is 548 g/mol. The highest BCUT2D eigenvalue weighted by Gasteiger charge is 2.27. The third kappa shape index (κ3) is 5.73. The summed E-state index contributed by atoms with van der Waals surface area (Å²) >= 11 is 0. The van der Waals surface area contributed by atoms with E-state index in [-0.39, 0.29) is 11.5 Å². The summed E-state index contributed by atoms with van der Waals surface area (Å²) in [5.74, 6) is -0.391. The van der Waals surface area contributed by atoms with Crippen molar-refractivity contribution in [2.24, 2.45) is 5.41 Å². The normalized spacial score (nSPS) is 15.1. The SMILES string of the molecule is [2H]C(Nc1cc(-c2ccncc2)c2ncc(C#N)c(NCC(C)(C)C)c2c1)(c1ccc(F)cc1)c1cn(C2CC2)nn1. The van der Waals surface area contributed by atoms with Crippen LogP contribution < -0.4 is 10.6 Å². The van der Waals surface area contributed by atoms with Crippen LogP contribution in [0.15, 0.2) is 73.3 Å². The third-order valence-electron chi connectivity index (χ3n) is 6.97. The molecule has 1 unspecified atom stereocenters. The number of aromatic nitrogens is 5. The van der Waals surface area contributed by atoms with Crippen LogP contribution in [0.4, 0.5) is 15.8 Å². The Morgan fingerprint density at radius 1 is 1.15 bits per heavy atom. The zero-order valence-corrected chi connectivity index (χ0v) is 23.2. The van der Waals surface area contributed by atoms with E-state index in [1.54, 1.807) is 41.6 Å². The van der Waals surface area contributed by atoms with Gasteiger partial charge in [0.2, 0.25) is 0 Å². The number of fused-ring (bicyclic) bond motifs is 1. The summed E-state index contributed by atoms with van der Waals surface area (Å²) < 4.78 is 25.5. The molecule has 2 N–H and O–H groups in total. The maximum atomic E-state index is 14.0. The third-order valence-corrected chi connectivity index (χ3v) is 6.97. The van der Waals surface area contributed by atoms with Crippen molar-refractivity contribution in [1.82, 2.24) is 25.0 Å². The van der Waals surface area contributed by atoms with Gasteiger partial charge in [0.15, 0.2) is 0 Å². The van der Waals surface area contributed by atoms with Crippen LogP contribution in [0.25, 0.3) is 22.0 Å². The van der Waals surface area contributed by atoms with Gasteiger partial charge in [-0.2, -0.15) is 5.26 Å². The van der Waals surface area contributed by atoms with Crippen LogP contribution in [0.5, 0.6) is 0 Å². The van der Waals surface area contributed by atoms with E-state index in [1.807, 2.05) is 24.3 Å². The first-order valence-corrected chi connectivity index (χ1v) is 13.6. The molecule has 1 aliphatic carbocycles. The molecule has 2 aromatic carbocycles. The van der Waals surface area contributed by atoms with Crippen molar-refractivity contribution >= 4 is 22.3 Å². The molecule has 0 bridgehead atoms. The van der Waals surface area contributed by atoms with Crippen molar-refractivity contribution in [3.63, 3.8) is 0 Å². The standard InChI is InChI=1S/C32H31FN8/c1-32(2,3)19-37-29-22(16-34)17-36-31-26(20-10-12-35-13-11-20)14-24(15-27(29)31)38-30(21-4-6-23(33)7-5-21)28-18-41(40-39-28)25-8-9-25/h4-7,10-15,17-18,25,30,38H,8-9,19H2,1-3H3,(H,36,37)/i30D. The molecule has 0 spiro atoms. The summed E-state index contributed by atoms with van der Waals surface area (Å²) in [6.45, 7) is 7.00. The van der Waals surface area contributed by atoms with E-state index in [2.05, 4.69) is 52.8 Å². The number of anilines is 2. The van der Waals surface area contributed by atoms with E-state index >= 15 is 0 Å². The largest absolute Gasteiger partial charge is 0.383 e. The highest BCUT2D eigenvalue weighted by molar-refractivity contribution is 6.04. The van der Waals surface area contributed by atoms with Crippen LogP contribution >= 0.6 is 0 Å². The molecule has 5 aromatic rings. The predicted molar refractivity (Wildman–Crippen MR) is 158 cm³/mol. The van der Waals surface area contributed by atoms with E-state index in [0.29, 0.717) is 40.3 Å². The number of hydrogen-bond acceptors (Lipinski definition) is 7. The van der Waals surface area contributed by atoms with E-state index in [0.717, 1.165) is 29.4 Å². The highest BCUT2D eigenvalue weighted by atomic mass is 19.1. The number of rotatable bonds is 8. The molecule has 1 aliphatic rings. The monoisotopic (exact) mass is 547 g/mol. The Bertz CT molecular complexity index is 1790. The van der Waals surface area contributed by atoms with Crippen molar-refractivity contribution in [1.29, 1.82) is 5.26 Å². The number of pyridine rings is 2. The molecule has 1 saturated carbocycles. The van der Waals surface area contributed by atoms with Gasteiger partial charge in [-0.15, -0.1) is 5.10 Å². The maximum Gasteiger partial charge on any atom is 0.123 e. The van der Waals surface area contributed by atoms with Crippen LogP contribution in [0, 0.1) is 22.6 Å². The van der Waals surface area contributed by atoms with Gasteiger partial charge in [0.1, 0.15) is 17.6 Å². The van der Waals surface area contributed by atoms with Gasteiger partial charge in [-0.05, 0) is 65.8 Å². The molecule has 3 heterocycles. The van der Waals surface area contributed by atoms with Crippen LogP contribution in [0.2, 0.25) is 0 Å². The fraction of sp³-hybridized carbons (Fsp3) is 0.281. The molecule has 0 aliphatic heterocycles. The zero-order valence-electron chi connectivity index (χ0n) is 24.2. The van der Waals surface area contributed by atoms with Crippen molar-refractivity contribution in [3.8, 4) is 17.2 Å². The second-order valence-electron chi connectivity index (χ2n) is 11.6. The molecule has 3 aromatic heterocycles. The summed E-state index contributed by atoms with van der Waals surface area (Å²) in [5.41, 5.74) is 4.95. The van der Waals surface area contributed by atoms with Gasteiger partial charge < -0.3 is 10.6 Å². The summed E-state index contributed by atoms with van der Waals surface area (Å²) in [4.78, 5) is 8.87. The molecule has 41 heavy (non-hydrogen) atoms. The van der Waals surface area contributed by atoms with E-state index < -0.39 is 11.8 Å². The van der Waals surface area contributed by atoms with Crippen LogP contribution in [0.1, 0.15) is 63.9 Å². The van der Waals surface area contributed by atoms with E-state index in [9.17, 15) is 11.0 Å². The quantitative estimate of drug-likeness (QED) is 0.218. The van der Waals surface area contributed by atoms with Crippen LogP contribution in [-0.2, 0) is 0 Å². The zero-order chi connectivity index (χ0) is 29.5. The summed E-state index contributed by atoms with van der Waals surface area (Å²) in [6.07, 6.45) is 8.86. The molecule has 8 nitrogen and oxygen atoms in total. The van der Waals surface area contributed by atoms with Gasteiger partial charge in [0.25, 0.3) is 0 Å². The Balaban J connectivity index is 1.55. The number of hydrogen-bond donors (Lipinski definition) is 2. The number of halogens is 1. The van der Waals surface area contributed by atoms with Crippen molar-refractivity contribution in [2.45, 2.75) is 45.7 Å². The molecule has 1 atom stereocenters. The summed E-state index contributed by atoms with van der Waals surface area (Å²) in [6, 6.07) is 14.5. The molecule has 0 amide bonds. The van der Waals surface area contributed by atoms with Crippen molar-refractivity contribution in [3.05, 3.63) is 96.0 Å². The molecule has 9 heteroatoms. The molecule has 206 valence electrons. The molecule has 1 fully saturated rings. The first-order valence-electron chi connectivity index (χ1n) is 14.1. The van der Waals surface area contributed by atoms with Gasteiger partial charge in [0, 0.05) is 41.8 Å². The summed E-state index contributed by atoms with van der Waals surface area (Å²) in [5, 5.41) is 26.3. The van der Waals surface area contributed by atoms with Crippen LogP contribution in [-0.4, -0.2) is 31.5 Å². The van der Waals surface area contributed by atoms with Gasteiger partial charge in [-0.25, -0.2) is 9.07 Å². The second kappa shape index (κ2) is 10.6. The summed E-state index contributed by atoms with van der Waals surface area (Å²) in [7, 11) is 0. The predicted octanol–water partition coefficient (Wildman–Crippen LogP) is 6.89. The lowest BCUT2D eigenvalue weighted by molar-refractivity contribution is 0.443. The first kappa shape index (κ1) is 25.1. The number of nitrogens with one attached hydrogen (secondary N) is 2. The smallest absolute Gasteiger partial charge is 0.123 e. The van der Waals surface area contributed by atoms with Gasteiger partial charge in [-0.3, -0.25) is 9.97 Å². The molecule has 0 radical (unpaired) electrons. The fourth-order valence-electron chi connectivity index (χ4n) is 4.71. The maximum absolute atomic E-state index is 14.0. The van der Waals surface area contributed by atoms with Gasteiger partial charge in [-0.1, -0.05) is 38.1 Å². The molecule has 6 rings (SSSR count). The highest BCUT2D eigenvalue weighted by Crippen LogP contribution is 2.39. The lowest BCUT2D eigenvalue weighted by Crippen LogP contribution is -2.20. The Kier molecular flexibility index (Phi) is 6.51. The number of nitriles is 1. The second-order valence-corrected chi connectivity index (χ2v) is 11.6. The van der Waals surface area contributed by atoms with E-state index in [1.165, 1.54) is 12.1 Å². The van der Waals surface area contributed by atoms with Gasteiger partial charge >= 0.3 is 0 Å². The number of benzene rings is 2. The molecular weight excluding hydrogens is 515 g/mol. The Labute approximate surface area is 239 Å². The average Bonchev–Trinajstić information content (AvgIpc) is 3.71. The Morgan fingerprint density at radius 2 is 1.90 bits per heavy atom. The first-order chi connectivity index (χ1) is 20.1. The Morgan fingerprint density at radius 3 is 2.59 bits per heavy atom. The van der Waals surface area contributed by atoms with Crippen molar-refractivity contribution < 1.29 is 5.76 Å². The minimum atomic E-state index is -1.59. The van der Waals surface area contributed by atoms with E-state index in [4.69, 9.17) is 4.98 Å². The molecular formula is C32H31FN8. The molecule has 0 saturated heterocycles. The lowest BCUT2D eigenvalue weighted by atomic mass is 9.95. The fourth-order valence-corrected chi connectivity index (χ4v) is 4.71. The lowest BCUT2D eigenvalue weighted by Gasteiger charge is -2.23. The Hall–Kier alpha value is -4.84.